The molecule has 18 heavy (non-hydrogen) atoms. The van der Waals surface area contributed by atoms with Gasteiger partial charge in [0.25, 0.3) is 0 Å². The first-order valence-corrected chi connectivity index (χ1v) is 7.00. The van der Waals surface area contributed by atoms with Crippen molar-refractivity contribution in [3.05, 3.63) is 22.3 Å². The zero-order valence-corrected chi connectivity index (χ0v) is 12.3. The highest BCUT2D eigenvalue weighted by Crippen LogP contribution is 2.30. The fourth-order valence-corrected chi connectivity index (χ4v) is 2.82. The summed E-state index contributed by atoms with van der Waals surface area (Å²) in [6, 6.07) is 1.98. The number of anilines is 1. The van der Waals surface area contributed by atoms with Crippen LogP contribution >= 0.6 is 15.9 Å². The van der Waals surface area contributed by atoms with E-state index >= 15 is 0 Å². The highest BCUT2D eigenvalue weighted by molar-refractivity contribution is 9.10. The quantitative estimate of drug-likeness (QED) is 0.910. The number of aromatic nitrogens is 1. The molecule has 1 aromatic rings. The van der Waals surface area contributed by atoms with E-state index in [2.05, 4.69) is 38.1 Å². The number of aryl methyl sites for hydroxylation is 1. The molecule has 2 heterocycles. The number of rotatable bonds is 2. The van der Waals surface area contributed by atoms with Crippen LogP contribution in [0.25, 0.3) is 0 Å². The van der Waals surface area contributed by atoms with Gasteiger partial charge in [0.1, 0.15) is 5.82 Å². The Kier molecular flexibility index (Phi) is 4.22. The third kappa shape index (κ3) is 2.66. The second-order valence-electron chi connectivity index (χ2n) is 4.66. The van der Waals surface area contributed by atoms with Crippen molar-refractivity contribution < 1.29 is 4.79 Å². The number of hydrogen-bond donors (Lipinski definition) is 1. The second-order valence-corrected chi connectivity index (χ2v) is 5.46. The summed E-state index contributed by atoms with van der Waals surface area (Å²) < 4.78 is 1.03. The van der Waals surface area contributed by atoms with Gasteiger partial charge in [-0.25, -0.2) is 4.98 Å². The molecule has 0 aromatic carbocycles. The number of halogens is 1. The predicted octanol–water partition coefficient (Wildman–Crippen LogP) is 2.11. The summed E-state index contributed by atoms with van der Waals surface area (Å²) in [5, 5.41) is 2.73. The molecule has 1 saturated heterocycles. The minimum absolute atomic E-state index is 0.0676. The molecular weight excluding hydrogens is 294 g/mol. The summed E-state index contributed by atoms with van der Waals surface area (Å²) in [6.07, 6.45) is 3.80. The Hall–Kier alpha value is -1.10. The van der Waals surface area contributed by atoms with Gasteiger partial charge in [-0.2, -0.15) is 0 Å². The van der Waals surface area contributed by atoms with E-state index in [0.29, 0.717) is 0 Å². The van der Waals surface area contributed by atoms with Crippen LogP contribution in [0.1, 0.15) is 18.4 Å². The van der Waals surface area contributed by atoms with Gasteiger partial charge in [0.15, 0.2) is 0 Å². The maximum atomic E-state index is 11.7. The lowest BCUT2D eigenvalue weighted by atomic mass is 9.97. The largest absolute Gasteiger partial charge is 0.359 e. The van der Waals surface area contributed by atoms with Gasteiger partial charge < -0.3 is 10.2 Å². The Bertz CT molecular complexity index is 450. The summed E-state index contributed by atoms with van der Waals surface area (Å²) in [5.74, 6) is 1.14. The van der Waals surface area contributed by atoms with Crippen molar-refractivity contribution in [2.75, 3.05) is 25.0 Å². The minimum atomic E-state index is 0.0676. The van der Waals surface area contributed by atoms with Crippen LogP contribution < -0.4 is 10.2 Å². The average molecular weight is 312 g/mol. The standard InChI is InChI=1S/C13H18BrN3O/c1-9-5-6-16-12(11(9)14)17-7-3-4-10(8-17)13(18)15-2/h5-6,10H,3-4,7-8H2,1-2H3,(H,15,18)/t10-/m1/s1. The molecule has 1 aliphatic heterocycles. The predicted molar refractivity (Wildman–Crippen MR) is 75.7 cm³/mol. The van der Waals surface area contributed by atoms with Crippen molar-refractivity contribution in [2.45, 2.75) is 19.8 Å². The highest BCUT2D eigenvalue weighted by Gasteiger charge is 2.26. The van der Waals surface area contributed by atoms with Crippen LogP contribution in [0.5, 0.6) is 0 Å². The maximum absolute atomic E-state index is 11.7. The first-order chi connectivity index (χ1) is 8.63. The number of pyridine rings is 1. The Morgan fingerprint density at radius 3 is 3.11 bits per heavy atom. The Morgan fingerprint density at radius 1 is 1.61 bits per heavy atom. The van der Waals surface area contributed by atoms with Crippen molar-refractivity contribution in [2.24, 2.45) is 5.92 Å². The molecule has 0 bridgehead atoms. The highest BCUT2D eigenvalue weighted by atomic mass is 79.9. The zero-order valence-electron chi connectivity index (χ0n) is 10.7. The molecule has 98 valence electrons. The van der Waals surface area contributed by atoms with E-state index in [1.807, 2.05) is 12.3 Å². The molecule has 1 atom stereocenters. The molecule has 0 saturated carbocycles. The van der Waals surface area contributed by atoms with Crippen LogP contribution in [-0.2, 0) is 4.79 Å². The molecule has 0 radical (unpaired) electrons. The van der Waals surface area contributed by atoms with Crippen molar-refractivity contribution in [1.29, 1.82) is 0 Å². The number of hydrogen-bond acceptors (Lipinski definition) is 3. The van der Waals surface area contributed by atoms with Gasteiger partial charge in [-0.15, -0.1) is 0 Å². The molecule has 1 N–H and O–H groups in total. The van der Waals surface area contributed by atoms with E-state index in [1.54, 1.807) is 7.05 Å². The Labute approximate surface area is 116 Å². The van der Waals surface area contributed by atoms with Crippen molar-refractivity contribution in [3.8, 4) is 0 Å². The zero-order chi connectivity index (χ0) is 13.1. The molecule has 1 fully saturated rings. The molecule has 2 rings (SSSR count). The molecule has 0 spiro atoms. The van der Waals surface area contributed by atoms with Crippen LogP contribution in [0.4, 0.5) is 5.82 Å². The fourth-order valence-electron chi connectivity index (χ4n) is 2.33. The van der Waals surface area contributed by atoms with Crippen molar-refractivity contribution >= 4 is 27.7 Å². The molecular formula is C13H18BrN3O. The molecule has 1 aliphatic rings. The van der Waals surface area contributed by atoms with Crippen LogP contribution in [0.2, 0.25) is 0 Å². The lowest BCUT2D eigenvalue weighted by molar-refractivity contribution is -0.124. The van der Waals surface area contributed by atoms with Crippen molar-refractivity contribution in [1.82, 2.24) is 10.3 Å². The summed E-state index contributed by atoms with van der Waals surface area (Å²) in [7, 11) is 1.70. The second kappa shape index (κ2) is 5.69. The van der Waals surface area contributed by atoms with E-state index in [9.17, 15) is 4.79 Å². The topological polar surface area (TPSA) is 45.2 Å². The number of piperidine rings is 1. The summed E-state index contributed by atoms with van der Waals surface area (Å²) >= 11 is 3.59. The van der Waals surface area contributed by atoms with Gasteiger partial charge in [-0.3, -0.25) is 4.79 Å². The number of amides is 1. The number of nitrogens with zero attached hydrogens (tertiary/aromatic N) is 2. The van der Waals surface area contributed by atoms with E-state index in [4.69, 9.17) is 0 Å². The average Bonchev–Trinajstić information content (AvgIpc) is 2.41. The van der Waals surface area contributed by atoms with Gasteiger partial charge in [0.05, 0.1) is 10.4 Å². The minimum Gasteiger partial charge on any atom is -0.359 e. The summed E-state index contributed by atoms with van der Waals surface area (Å²) in [4.78, 5) is 18.4. The first kappa shape index (κ1) is 13.3. The third-order valence-electron chi connectivity index (χ3n) is 3.40. The van der Waals surface area contributed by atoms with Gasteiger partial charge in [-0.1, -0.05) is 0 Å². The monoisotopic (exact) mass is 311 g/mol. The number of nitrogens with one attached hydrogen (secondary N) is 1. The van der Waals surface area contributed by atoms with Gasteiger partial charge in [0.2, 0.25) is 5.91 Å². The molecule has 0 aliphatic carbocycles. The molecule has 1 aromatic heterocycles. The van der Waals surface area contributed by atoms with Crippen LogP contribution in [-0.4, -0.2) is 31.0 Å². The SMILES string of the molecule is CNC(=O)[C@@H]1CCCN(c2nccc(C)c2Br)C1. The van der Waals surface area contributed by atoms with E-state index < -0.39 is 0 Å². The van der Waals surface area contributed by atoms with E-state index in [0.717, 1.165) is 36.2 Å². The normalized spacial score (nSPS) is 19.7. The molecule has 1 amide bonds. The summed E-state index contributed by atoms with van der Waals surface area (Å²) in [6.45, 7) is 3.76. The van der Waals surface area contributed by atoms with Gasteiger partial charge in [0, 0.05) is 26.3 Å². The number of carbonyl (C=O) groups is 1. The fraction of sp³-hybridized carbons (Fsp3) is 0.538. The van der Waals surface area contributed by atoms with Crippen LogP contribution in [0, 0.1) is 12.8 Å². The van der Waals surface area contributed by atoms with Crippen LogP contribution in [0.3, 0.4) is 0 Å². The van der Waals surface area contributed by atoms with Gasteiger partial charge in [-0.05, 0) is 47.3 Å². The number of carbonyl (C=O) groups excluding carboxylic acids is 1. The molecule has 0 unspecified atom stereocenters. The van der Waals surface area contributed by atoms with E-state index in [-0.39, 0.29) is 11.8 Å². The Morgan fingerprint density at radius 2 is 2.39 bits per heavy atom. The maximum Gasteiger partial charge on any atom is 0.224 e. The molecule has 4 nitrogen and oxygen atoms in total. The van der Waals surface area contributed by atoms with Gasteiger partial charge >= 0.3 is 0 Å². The van der Waals surface area contributed by atoms with Crippen molar-refractivity contribution in [3.63, 3.8) is 0 Å². The lowest BCUT2D eigenvalue weighted by Gasteiger charge is -2.33. The van der Waals surface area contributed by atoms with E-state index in [1.165, 1.54) is 5.56 Å². The smallest absolute Gasteiger partial charge is 0.224 e. The Balaban J connectivity index is 2.18. The third-order valence-corrected chi connectivity index (χ3v) is 4.38. The molecule has 5 heteroatoms. The first-order valence-electron chi connectivity index (χ1n) is 6.21. The lowest BCUT2D eigenvalue weighted by Crippen LogP contribution is -2.42. The van der Waals surface area contributed by atoms with Crippen LogP contribution in [0.15, 0.2) is 16.7 Å². The summed E-state index contributed by atoms with van der Waals surface area (Å²) in [5.41, 5.74) is 1.17.